The highest BCUT2D eigenvalue weighted by Crippen LogP contribution is 2.38. The zero-order valence-electron chi connectivity index (χ0n) is 16.9. The first kappa shape index (κ1) is 21.7. The fourth-order valence-electron chi connectivity index (χ4n) is 4.42. The van der Waals surface area contributed by atoms with Gasteiger partial charge in [-0.25, -0.2) is 0 Å². The summed E-state index contributed by atoms with van der Waals surface area (Å²) in [5.41, 5.74) is 1.39. The van der Waals surface area contributed by atoms with Gasteiger partial charge in [-0.05, 0) is 43.5 Å². The van der Waals surface area contributed by atoms with Crippen molar-refractivity contribution in [1.29, 1.82) is 0 Å². The number of hydrazone groups is 1. The van der Waals surface area contributed by atoms with E-state index in [-0.39, 0.29) is 17.9 Å². The predicted molar refractivity (Wildman–Crippen MR) is 126 cm³/mol. The third-order valence-electron chi connectivity index (χ3n) is 6.07. The molecular weight excluding hydrogens is 441 g/mol. The van der Waals surface area contributed by atoms with E-state index in [1.54, 1.807) is 12.1 Å². The van der Waals surface area contributed by atoms with Crippen LogP contribution in [0, 0.1) is 5.92 Å². The number of hydrogen-bond acceptors (Lipinski definition) is 3. The maximum Gasteiger partial charge on any atom is 0.270 e. The molecule has 1 aromatic rings. The largest absolute Gasteiger partial charge is 0.338 e. The molecule has 2 atom stereocenters. The molecular formula is C23H26Cl3N3O. The number of benzene rings is 1. The molecule has 4 nitrogen and oxygen atoms in total. The molecule has 2 unspecified atom stereocenters. The highest BCUT2D eigenvalue weighted by atomic mass is 35.5. The average molecular weight is 467 g/mol. The maximum absolute atomic E-state index is 13.3. The van der Waals surface area contributed by atoms with Gasteiger partial charge in [0.1, 0.15) is 5.71 Å². The lowest BCUT2D eigenvalue weighted by molar-refractivity contribution is -0.124. The van der Waals surface area contributed by atoms with Crippen LogP contribution in [-0.4, -0.2) is 35.7 Å². The Morgan fingerprint density at radius 2 is 1.77 bits per heavy atom. The lowest BCUT2D eigenvalue weighted by atomic mass is 9.89. The number of nitrogens with zero attached hydrogens (tertiary/aromatic N) is 3. The molecule has 0 saturated carbocycles. The molecule has 4 rings (SSSR count). The van der Waals surface area contributed by atoms with Crippen LogP contribution in [0.15, 0.2) is 46.6 Å². The van der Waals surface area contributed by atoms with Gasteiger partial charge < -0.3 is 4.90 Å². The van der Waals surface area contributed by atoms with Gasteiger partial charge in [0.05, 0.1) is 16.8 Å². The van der Waals surface area contributed by atoms with Gasteiger partial charge in [-0.3, -0.25) is 9.80 Å². The van der Waals surface area contributed by atoms with Crippen LogP contribution < -0.4 is 5.01 Å². The third kappa shape index (κ3) is 4.87. The van der Waals surface area contributed by atoms with E-state index in [0.717, 1.165) is 43.1 Å². The molecule has 1 amide bonds. The summed E-state index contributed by atoms with van der Waals surface area (Å²) in [7, 11) is 0. The molecule has 7 heteroatoms. The van der Waals surface area contributed by atoms with Crippen molar-refractivity contribution in [2.24, 2.45) is 11.0 Å². The van der Waals surface area contributed by atoms with E-state index in [0.29, 0.717) is 22.2 Å². The van der Waals surface area contributed by atoms with E-state index in [1.165, 1.54) is 19.3 Å². The summed E-state index contributed by atoms with van der Waals surface area (Å²) in [4.78, 5) is 15.3. The Kier molecular flexibility index (Phi) is 7.07. The molecule has 1 fully saturated rings. The first-order chi connectivity index (χ1) is 14.5. The fraction of sp³-hybridized carbons (Fsp3) is 0.478. The van der Waals surface area contributed by atoms with Crippen molar-refractivity contribution in [3.8, 4) is 0 Å². The van der Waals surface area contributed by atoms with E-state index < -0.39 is 0 Å². The van der Waals surface area contributed by atoms with E-state index in [2.05, 4.69) is 6.08 Å². The number of halogens is 3. The number of carbonyl (C=O) groups is 1. The molecule has 2 heterocycles. The normalized spacial score (nSPS) is 24.9. The van der Waals surface area contributed by atoms with Gasteiger partial charge in [-0.15, -0.1) is 0 Å². The smallest absolute Gasteiger partial charge is 0.270 e. The summed E-state index contributed by atoms with van der Waals surface area (Å²) < 4.78 is 0. The summed E-state index contributed by atoms with van der Waals surface area (Å²) in [6.07, 6.45) is 13.2. The number of likely N-dealkylation sites (tertiary alicyclic amines) is 1. The van der Waals surface area contributed by atoms with Crippen LogP contribution in [0.5, 0.6) is 0 Å². The highest BCUT2D eigenvalue weighted by Gasteiger charge is 2.38. The molecule has 30 heavy (non-hydrogen) atoms. The number of hydrogen-bond donors (Lipinski definition) is 0. The zero-order chi connectivity index (χ0) is 21.1. The topological polar surface area (TPSA) is 35.9 Å². The van der Waals surface area contributed by atoms with Crippen molar-refractivity contribution < 1.29 is 4.79 Å². The van der Waals surface area contributed by atoms with Crippen LogP contribution in [0.2, 0.25) is 10.0 Å². The van der Waals surface area contributed by atoms with Crippen LogP contribution in [0.3, 0.4) is 0 Å². The van der Waals surface area contributed by atoms with Gasteiger partial charge in [-0.2, -0.15) is 5.10 Å². The average Bonchev–Trinajstić information content (AvgIpc) is 3.13. The second-order valence-electron chi connectivity index (χ2n) is 8.17. The number of allylic oxidation sites excluding steroid dienone is 3. The second-order valence-corrected chi connectivity index (χ2v) is 9.45. The molecule has 2 aliphatic heterocycles. The van der Waals surface area contributed by atoms with Crippen LogP contribution in [0.25, 0.3) is 0 Å². The first-order valence-electron chi connectivity index (χ1n) is 10.7. The second kappa shape index (κ2) is 9.76. The number of carbonyl (C=O) groups excluding carboxylic acids is 1. The van der Waals surface area contributed by atoms with Gasteiger partial charge in [0.25, 0.3) is 5.91 Å². The van der Waals surface area contributed by atoms with E-state index >= 15 is 0 Å². The Bertz CT molecular complexity index is 888. The van der Waals surface area contributed by atoms with Crippen molar-refractivity contribution in [1.82, 2.24) is 4.90 Å². The molecule has 0 N–H and O–H groups in total. The summed E-state index contributed by atoms with van der Waals surface area (Å²) in [6.45, 7) is 1.62. The molecule has 1 saturated heterocycles. The third-order valence-corrected chi connectivity index (χ3v) is 6.89. The van der Waals surface area contributed by atoms with Crippen molar-refractivity contribution in [3.63, 3.8) is 0 Å². The Labute approximate surface area is 193 Å². The molecule has 0 radical (unpaired) electrons. The first-order valence-corrected chi connectivity index (χ1v) is 11.8. The standard InChI is InChI=1S/C23H26Cl3N3O/c24-17-8-6-16(7-9-17)22-15-20(23(30)28-12-4-2-1-3-5-13-28)27-29(22)21-11-10-18(25)14-19(21)26/h6,8-11,14,16,22H,1-5,7,12-13,15H2. The SMILES string of the molecule is O=C(C1=NN(c2ccc(Cl)cc2Cl)C(C2C=CC(Cl)=CC2)C1)N1CCCCCCC1. The Balaban J connectivity index is 1.61. The quantitative estimate of drug-likeness (QED) is 0.515. The van der Waals surface area contributed by atoms with Crippen LogP contribution in [0.4, 0.5) is 5.69 Å². The lowest BCUT2D eigenvalue weighted by Gasteiger charge is -2.30. The minimum Gasteiger partial charge on any atom is -0.338 e. The molecule has 3 aliphatic rings. The Hall–Kier alpha value is -1.49. The van der Waals surface area contributed by atoms with Crippen molar-refractivity contribution in [3.05, 3.63) is 51.5 Å². The summed E-state index contributed by atoms with van der Waals surface area (Å²) in [6, 6.07) is 5.41. The predicted octanol–water partition coefficient (Wildman–Crippen LogP) is 6.42. The monoisotopic (exact) mass is 465 g/mol. The molecule has 160 valence electrons. The van der Waals surface area contributed by atoms with E-state index in [9.17, 15) is 4.79 Å². The van der Waals surface area contributed by atoms with E-state index in [4.69, 9.17) is 39.9 Å². The van der Waals surface area contributed by atoms with Gasteiger partial charge >= 0.3 is 0 Å². The fourth-order valence-corrected chi connectivity index (χ4v) is 5.08. The van der Waals surface area contributed by atoms with Gasteiger partial charge in [-0.1, -0.05) is 66.2 Å². The summed E-state index contributed by atoms with van der Waals surface area (Å²) >= 11 is 18.7. The number of rotatable bonds is 3. The van der Waals surface area contributed by atoms with E-state index in [1.807, 2.05) is 28.1 Å². The zero-order valence-corrected chi connectivity index (χ0v) is 19.1. The minimum atomic E-state index is 0.00893. The molecule has 0 aromatic heterocycles. The van der Waals surface area contributed by atoms with Crippen molar-refractivity contribution in [2.75, 3.05) is 18.1 Å². The number of anilines is 1. The van der Waals surface area contributed by atoms with Gasteiger partial charge in [0.2, 0.25) is 0 Å². The molecule has 0 bridgehead atoms. The van der Waals surface area contributed by atoms with Crippen LogP contribution in [-0.2, 0) is 4.79 Å². The maximum atomic E-state index is 13.3. The summed E-state index contributed by atoms with van der Waals surface area (Å²) in [5, 5.41) is 8.57. The highest BCUT2D eigenvalue weighted by molar-refractivity contribution is 6.40. The van der Waals surface area contributed by atoms with Crippen LogP contribution in [0.1, 0.15) is 44.9 Å². The van der Waals surface area contributed by atoms with Gasteiger partial charge in [0.15, 0.2) is 0 Å². The van der Waals surface area contributed by atoms with Gasteiger partial charge in [0, 0.05) is 35.5 Å². The lowest BCUT2D eigenvalue weighted by Crippen LogP contribution is -2.39. The summed E-state index contributed by atoms with van der Waals surface area (Å²) in [5.74, 6) is 0.253. The minimum absolute atomic E-state index is 0.00893. The number of amides is 1. The molecule has 1 aromatic carbocycles. The van der Waals surface area contributed by atoms with Crippen LogP contribution >= 0.6 is 34.8 Å². The van der Waals surface area contributed by atoms with Crippen molar-refractivity contribution >= 4 is 52.1 Å². The Morgan fingerprint density at radius 3 is 2.43 bits per heavy atom. The molecule has 1 aliphatic carbocycles. The Morgan fingerprint density at radius 1 is 1.03 bits per heavy atom. The molecule has 0 spiro atoms. The van der Waals surface area contributed by atoms with Crippen molar-refractivity contribution in [2.45, 2.75) is 51.0 Å².